The van der Waals surface area contributed by atoms with E-state index >= 15 is 0 Å². The van der Waals surface area contributed by atoms with Crippen molar-refractivity contribution in [1.29, 1.82) is 0 Å². The van der Waals surface area contributed by atoms with Gasteiger partial charge in [0, 0.05) is 15.1 Å². The topological polar surface area (TPSA) is 0 Å². The van der Waals surface area contributed by atoms with E-state index in [0.29, 0.717) is 5.41 Å². The lowest BCUT2D eigenvalue weighted by Crippen LogP contribution is -2.23. The molecule has 0 aliphatic rings. The highest BCUT2D eigenvalue weighted by atomic mass is 79.9. The van der Waals surface area contributed by atoms with Crippen LogP contribution in [0.5, 0.6) is 0 Å². The van der Waals surface area contributed by atoms with E-state index in [1.54, 1.807) is 0 Å². The summed E-state index contributed by atoms with van der Waals surface area (Å²) in [5, 5.41) is 2.03. The molecule has 3 heteroatoms. The molecule has 1 aromatic carbocycles. The Hall–Kier alpha value is 0.660. The van der Waals surface area contributed by atoms with Gasteiger partial charge in [-0.15, -0.1) is 0 Å². The van der Waals surface area contributed by atoms with Crippen molar-refractivity contribution in [1.82, 2.24) is 0 Å². The molecule has 0 heterocycles. The van der Waals surface area contributed by atoms with Crippen molar-refractivity contribution < 1.29 is 0 Å². The van der Waals surface area contributed by atoms with Crippen LogP contribution in [0.15, 0.2) is 28.7 Å². The molecule has 0 unspecified atom stereocenters. The molecule has 1 rings (SSSR count). The van der Waals surface area contributed by atoms with Crippen LogP contribution in [0.3, 0.4) is 0 Å². The third-order valence-corrected chi connectivity index (χ3v) is 5.43. The van der Waals surface area contributed by atoms with Gasteiger partial charge in [0.15, 0.2) is 0 Å². The van der Waals surface area contributed by atoms with Crippen LogP contribution in [0.2, 0.25) is 0 Å². The van der Waals surface area contributed by atoms with E-state index in [-0.39, 0.29) is 0 Å². The van der Waals surface area contributed by atoms with Gasteiger partial charge in [-0.3, -0.25) is 0 Å². The predicted molar refractivity (Wildman–Crippen MR) is 73.5 cm³/mol. The largest absolute Gasteiger partial charge is 0.0922 e. The molecule has 0 aliphatic carbocycles. The lowest BCUT2D eigenvalue weighted by Gasteiger charge is -2.24. The zero-order chi connectivity index (χ0) is 10.6. The molecule has 0 N–H and O–H groups in total. The number of alkyl halides is 2. The monoisotopic (exact) mass is 382 g/mol. The molecule has 1 aromatic rings. The highest BCUT2D eigenvalue weighted by Crippen LogP contribution is 2.27. The van der Waals surface area contributed by atoms with Crippen LogP contribution in [-0.2, 0) is 6.42 Å². The number of halogens is 3. The summed E-state index contributed by atoms with van der Waals surface area (Å²) >= 11 is 10.6. The Kier molecular flexibility index (Phi) is 5.15. The van der Waals surface area contributed by atoms with Gasteiger partial charge in [-0.2, -0.15) is 0 Å². The van der Waals surface area contributed by atoms with Gasteiger partial charge in [-0.25, -0.2) is 0 Å². The number of hydrogen-bond donors (Lipinski definition) is 0. The molecule has 0 atom stereocenters. The lowest BCUT2D eigenvalue weighted by atomic mass is 9.88. The van der Waals surface area contributed by atoms with Gasteiger partial charge >= 0.3 is 0 Å². The van der Waals surface area contributed by atoms with Crippen LogP contribution >= 0.6 is 47.8 Å². The smallest absolute Gasteiger partial charge is 0.0175 e. The Morgan fingerprint density at radius 3 is 2.00 bits per heavy atom. The molecular weight excluding hydrogens is 372 g/mol. The minimum absolute atomic E-state index is 0.299. The van der Waals surface area contributed by atoms with Crippen molar-refractivity contribution in [3.63, 3.8) is 0 Å². The van der Waals surface area contributed by atoms with E-state index < -0.39 is 0 Å². The summed E-state index contributed by atoms with van der Waals surface area (Å²) in [6.45, 7) is 2.28. The third kappa shape index (κ3) is 3.67. The second kappa shape index (κ2) is 5.66. The van der Waals surface area contributed by atoms with Gasteiger partial charge in [-0.1, -0.05) is 66.8 Å². The van der Waals surface area contributed by atoms with E-state index in [0.717, 1.165) is 21.6 Å². The van der Waals surface area contributed by atoms with E-state index in [1.165, 1.54) is 5.56 Å². The van der Waals surface area contributed by atoms with E-state index in [9.17, 15) is 0 Å². The third-order valence-electron chi connectivity index (χ3n) is 2.19. The molecule has 0 bridgehead atoms. The normalized spacial score (nSPS) is 11.7. The van der Waals surface area contributed by atoms with Crippen molar-refractivity contribution in [2.75, 3.05) is 10.7 Å². The van der Waals surface area contributed by atoms with Crippen LogP contribution < -0.4 is 0 Å². The molecule has 0 amide bonds. The maximum atomic E-state index is 3.56. The highest BCUT2D eigenvalue weighted by molar-refractivity contribution is 9.10. The predicted octanol–water partition coefficient (Wildman–Crippen LogP) is 4.79. The van der Waals surface area contributed by atoms with Crippen LogP contribution in [0.1, 0.15) is 12.5 Å². The maximum absolute atomic E-state index is 3.56. The zero-order valence-electron chi connectivity index (χ0n) is 8.06. The molecular formula is C11H13Br3. The zero-order valence-corrected chi connectivity index (χ0v) is 12.8. The summed E-state index contributed by atoms with van der Waals surface area (Å²) in [5.41, 5.74) is 1.68. The second-order valence-corrected chi connectivity index (χ2v) is 5.92. The van der Waals surface area contributed by atoms with E-state index in [2.05, 4.69) is 79.0 Å². The summed E-state index contributed by atoms with van der Waals surface area (Å²) in [6, 6.07) is 8.54. The molecule has 0 saturated carbocycles. The first-order valence-electron chi connectivity index (χ1n) is 4.46. The van der Waals surface area contributed by atoms with Crippen LogP contribution in [0.25, 0.3) is 0 Å². The van der Waals surface area contributed by atoms with Crippen molar-refractivity contribution in [3.05, 3.63) is 34.3 Å². The molecule has 78 valence electrons. The van der Waals surface area contributed by atoms with Gasteiger partial charge in [0.25, 0.3) is 0 Å². The first kappa shape index (κ1) is 12.7. The molecule has 0 saturated heterocycles. The van der Waals surface area contributed by atoms with Crippen molar-refractivity contribution in [3.8, 4) is 0 Å². The Bertz CT molecular complexity index is 275. The molecule has 0 nitrogen and oxygen atoms in total. The average molecular weight is 385 g/mol. The Morgan fingerprint density at radius 1 is 1.07 bits per heavy atom. The van der Waals surface area contributed by atoms with Gasteiger partial charge < -0.3 is 0 Å². The van der Waals surface area contributed by atoms with Crippen LogP contribution in [0.4, 0.5) is 0 Å². The minimum atomic E-state index is 0.299. The summed E-state index contributed by atoms with van der Waals surface area (Å²) in [5.74, 6) is 0. The molecule has 0 aromatic heterocycles. The maximum Gasteiger partial charge on any atom is 0.0175 e. The fraction of sp³-hybridized carbons (Fsp3) is 0.455. The summed E-state index contributed by atoms with van der Waals surface area (Å²) in [6.07, 6.45) is 1.09. The standard InChI is InChI=1S/C11H13Br3/c1-11(7-12,8-13)6-9-2-4-10(14)5-3-9/h2-5H,6-8H2,1H3. The Morgan fingerprint density at radius 2 is 1.57 bits per heavy atom. The molecule has 0 fully saturated rings. The van der Waals surface area contributed by atoms with Crippen LogP contribution in [0, 0.1) is 5.41 Å². The first-order chi connectivity index (χ1) is 6.59. The summed E-state index contributed by atoms with van der Waals surface area (Å²) in [4.78, 5) is 0. The number of hydrogen-bond acceptors (Lipinski definition) is 0. The van der Waals surface area contributed by atoms with Gasteiger partial charge in [-0.05, 0) is 29.5 Å². The molecule has 14 heavy (non-hydrogen) atoms. The van der Waals surface area contributed by atoms with Gasteiger partial charge in [0.1, 0.15) is 0 Å². The fourth-order valence-corrected chi connectivity index (χ4v) is 2.81. The Balaban J connectivity index is 2.72. The minimum Gasteiger partial charge on any atom is -0.0922 e. The number of rotatable bonds is 4. The lowest BCUT2D eigenvalue weighted by molar-refractivity contribution is 0.439. The van der Waals surface area contributed by atoms with Crippen molar-refractivity contribution in [2.24, 2.45) is 5.41 Å². The molecule has 0 radical (unpaired) electrons. The highest BCUT2D eigenvalue weighted by Gasteiger charge is 2.21. The SMILES string of the molecule is CC(CBr)(CBr)Cc1ccc(Br)cc1. The average Bonchev–Trinajstić information content (AvgIpc) is 2.21. The van der Waals surface area contributed by atoms with Gasteiger partial charge in [0.05, 0.1) is 0 Å². The quantitative estimate of drug-likeness (QED) is 0.655. The summed E-state index contributed by atoms with van der Waals surface area (Å²) in [7, 11) is 0. The second-order valence-electron chi connectivity index (χ2n) is 3.88. The first-order valence-corrected chi connectivity index (χ1v) is 7.50. The van der Waals surface area contributed by atoms with Gasteiger partial charge in [0.2, 0.25) is 0 Å². The van der Waals surface area contributed by atoms with E-state index in [4.69, 9.17) is 0 Å². The molecule has 0 spiro atoms. The van der Waals surface area contributed by atoms with Crippen molar-refractivity contribution >= 4 is 47.8 Å². The molecule has 0 aliphatic heterocycles. The van der Waals surface area contributed by atoms with Crippen molar-refractivity contribution in [2.45, 2.75) is 13.3 Å². The van der Waals surface area contributed by atoms with Crippen LogP contribution in [-0.4, -0.2) is 10.7 Å². The Labute approximate surface area is 111 Å². The van der Waals surface area contributed by atoms with E-state index in [1.807, 2.05) is 0 Å². The summed E-state index contributed by atoms with van der Waals surface area (Å²) < 4.78 is 1.14. The fourth-order valence-electron chi connectivity index (χ4n) is 1.23. The number of benzene rings is 1.